The lowest BCUT2D eigenvalue weighted by atomic mass is 10.3. The quantitative estimate of drug-likeness (QED) is 0.683. The summed E-state index contributed by atoms with van der Waals surface area (Å²) in [5.41, 5.74) is 0.754. The van der Waals surface area contributed by atoms with Crippen LogP contribution in [0.1, 0.15) is 6.92 Å². The molecule has 0 aliphatic rings. The van der Waals surface area contributed by atoms with Crippen LogP contribution in [0.5, 0.6) is 11.7 Å². The normalized spacial score (nSPS) is 10.2. The van der Waals surface area contributed by atoms with Gasteiger partial charge in [-0.2, -0.15) is 0 Å². The van der Waals surface area contributed by atoms with Gasteiger partial charge in [-0.1, -0.05) is 0 Å². The minimum Gasteiger partial charge on any atom is -0.539 e. The third kappa shape index (κ3) is 2.07. The maximum atomic E-state index is 10.8. The van der Waals surface area contributed by atoms with Crippen molar-refractivity contribution in [2.75, 3.05) is 6.61 Å². The van der Waals surface area contributed by atoms with E-state index in [4.69, 9.17) is 4.74 Å². The van der Waals surface area contributed by atoms with Crippen molar-refractivity contribution in [2.45, 2.75) is 6.92 Å². The van der Waals surface area contributed by atoms with Crippen LogP contribution < -0.4 is 14.5 Å². The Morgan fingerprint density at radius 1 is 1.40 bits per heavy atom. The van der Waals surface area contributed by atoms with Gasteiger partial charge in [-0.25, -0.2) is 0 Å². The second-order valence-corrected chi connectivity index (χ2v) is 2.89. The van der Waals surface area contributed by atoms with Crippen molar-refractivity contribution in [2.24, 2.45) is 0 Å². The fourth-order valence-electron chi connectivity index (χ4n) is 1.21. The van der Waals surface area contributed by atoms with Crippen molar-refractivity contribution in [1.29, 1.82) is 0 Å². The molecule has 15 heavy (non-hydrogen) atoms. The molecular weight excluding hydrogens is 196 g/mol. The zero-order valence-corrected chi connectivity index (χ0v) is 8.21. The summed E-state index contributed by atoms with van der Waals surface area (Å²) in [5, 5.41) is 14.3. The molecule has 0 bridgehead atoms. The van der Waals surface area contributed by atoms with Crippen LogP contribution in [-0.4, -0.2) is 11.9 Å². The zero-order valence-electron chi connectivity index (χ0n) is 8.21. The van der Waals surface area contributed by atoms with Gasteiger partial charge in [0.2, 0.25) is 11.9 Å². The molecule has 0 atom stereocenters. The standard InChI is InChI=1S/C10H10N2O3/c1-2-14-9-5-3-8(4-6-9)12-7-10(13)15-11-12/h3-7H,2H2,1H3. The second kappa shape index (κ2) is 4.00. The summed E-state index contributed by atoms with van der Waals surface area (Å²) in [6.07, 6.45) is 1.27. The van der Waals surface area contributed by atoms with Gasteiger partial charge in [-0.15, -0.1) is 0 Å². The van der Waals surface area contributed by atoms with Gasteiger partial charge in [0.25, 0.3) is 0 Å². The van der Waals surface area contributed by atoms with Crippen LogP contribution in [0.4, 0.5) is 0 Å². The minimum absolute atomic E-state index is 0.469. The molecular formula is C10H10N2O3. The lowest BCUT2D eigenvalue weighted by Gasteiger charge is -2.00. The van der Waals surface area contributed by atoms with Crippen LogP contribution in [-0.2, 0) is 0 Å². The highest BCUT2D eigenvalue weighted by atomic mass is 16.6. The first-order valence-corrected chi connectivity index (χ1v) is 4.58. The molecule has 5 nitrogen and oxygen atoms in total. The molecule has 0 saturated carbocycles. The number of benzene rings is 1. The predicted octanol–water partition coefficient (Wildman–Crippen LogP) is 0.424. The van der Waals surface area contributed by atoms with Gasteiger partial charge in [-0.05, 0) is 23.7 Å². The summed E-state index contributed by atoms with van der Waals surface area (Å²) in [6, 6.07) is 7.22. The first-order valence-electron chi connectivity index (χ1n) is 4.58. The Balaban J connectivity index is 2.23. The molecule has 1 aromatic carbocycles. The van der Waals surface area contributed by atoms with Crippen molar-refractivity contribution < 1.29 is 19.0 Å². The molecule has 0 aliphatic heterocycles. The largest absolute Gasteiger partial charge is 0.539 e. The molecule has 0 fully saturated rings. The maximum absolute atomic E-state index is 10.8. The molecule has 0 unspecified atom stereocenters. The predicted molar refractivity (Wildman–Crippen MR) is 48.7 cm³/mol. The van der Waals surface area contributed by atoms with Crippen LogP contribution in [0.3, 0.4) is 0 Å². The molecule has 0 amide bonds. The van der Waals surface area contributed by atoms with Gasteiger partial charge in [0.1, 0.15) is 11.7 Å². The average molecular weight is 206 g/mol. The number of hydrogen-bond donors (Lipinski definition) is 0. The molecule has 1 heterocycles. The summed E-state index contributed by atoms with van der Waals surface area (Å²) >= 11 is 0. The van der Waals surface area contributed by atoms with Crippen molar-refractivity contribution in [1.82, 2.24) is 5.27 Å². The molecule has 0 N–H and O–H groups in total. The molecule has 2 aromatic rings. The van der Waals surface area contributed by atoms with E-state index in [2.05, 4.69) is 9.79 Å². The summed E-state index contributed by atoms with van der Waals surface area (Å²) in [4.78, 5) is 0. The maximum Gasteiger partial charge on any atom is 0.239 e. The van der Waals surface area contributed by atoms with Gasteiger partial charge in [-0.3, -0.25) is 0 Å². The Kier molecular flexibility index (Phi) is 2.53. The van der Waals surface area contributed by atoms with E-state index in [0.29, 0.717) is 6.61 Å². The minimum atomic E-state index is -0.469. The highest BCUT2D eigenvalue weighted by Gasteiger charge is 2.08. The number of rotatable bonds is 3. The van der Waals surface area contributed by atoms with E-state index in [0.717, 1.165) is 11.4 Å². The Hall–Kier alpha value is -2.04. The van der Waals surface area contributed by atoms with E-state index in [9.17, 15) is 5.11 Å². The molecule has 5 heteroatoms. The lowest BCUT2D eigenvalue weighted by Crippen LogP contribution is -2.31. The fraction of sp³-hybridized carbons (Fsp3) is 0.200. The van der Waals surface area contributed by atoms with E-state index in [-0.39, 0.29) is 0 Å². The Morgan fingerprint density at radius 2 is 2.13 bits per heavy atom. The van der Waals surface area contributed by atoms with E-state index < -0.39 is 5.95 Å². The highest BCUT2D eigenvalue weighted by Crippen LogP contribution is 2.11. The molecule has 1 aromatic heterocycles. The number of ether oxygens (including phenoxy) is 1. The van der Waals surface area contributed by atoms with Crippen LogP contribution >= 0.6 is 0 Å². The van der Waals surface area contributed by atoms with Gasteiger partial charge < -0.3 is 14.4 Å². The smallest absolute Gasteiger partial charge is 0.239 e. The van der Waals surface area contributed by atoms with Gasteiger partial charge in [0, 0.05) is 12.1 Å². The van der Waals surface area contributed by atoms with Gasteiger partial charge in [0.15, 0.2) is 0 Å². The molecule has 0 saturated heterocycles. The summed E-state index contributed by atoms with van der Waals surface area (Å²) < 4.78 is 11.1. The van der Waals surface area contributed by atoms with E-state index in [1.165, 1.54) is 10.9 Å². The average Bonchev–Trinajstić information content (AvgIpc) is 2.67. The monoisotopic (exact) mass is 206 g/mol. The summed E-state index contributed by atoms with van der Waals surface area (Å²) in [5.74, 6) is 0.316. The fourth-order valence-corrected chi connectivity index (χ4v) is 1.21. The van der Waals surface area contributed by atoms with Crippen molar-refractivity contribution >= 4 is 0 Å². The Bertz CT molecular complexity index is 436. The molecule has 78 valence electrons. The molecule has 0 radical (unpaired) electrons. The van der Waals surface area contributed by atoms with E-state index in [1.807, 2.05) is 19.1 Å². The topological polar surface area (TPSA) is 62.2 Å². The SMILES string of the molecule is CCOc1ccc(-[n+]2cc([O-])on2)cc1. The Labute approximate surface area is 86.5 Å². The third-order valence-electron chi connectivity index (χ3n) is 1.86. The van der Waals surface area contributed by atoms with Gasteiger partial charge >= 0.3 is 0 Å². The number of nitrogens with zero attached hydrogens (tertiary/aromatic N) is 2. The van der Waals surface area contributed by atoms with Crippen LogP contribution in [0.15, 0.2) is 35.0 Å². The number of hydrogen-bond acceptors (Lipinski definition) is 4. The van der Waals surface area contributed by atoms with E-state index >= 15 is 0 Å². The molecule has 2 rings (SSSR count). The molecule has 0 spiro atoms. The van der Waals surface area contributed by atoms with Crippen molar-refractivity contribution in [3.8, 4) is 17.4 Å². The van der Waals surface area contributed by atoms with Crippen LogP contribution in [0.25, 0.3) is 5.69 Å². The summed E-state index contributed by atoms with van der Waals surface area (Å²) in [7, 11) is 0. The first kappa shape index (κ1) is 9.51. The first-order chi connectivity index (χ1) is 7.29. The van der Waals surface area contributed by atoms with E-state index in [1.54, 1.807) is 12.1 Å². The highest BCUT2D eigenvalue weighted by molar-refractivity contribution is 5.31. The van der Waals surface area contributed by atoms with Crippen LogP contribution in [0, 0.1) is 0 Å². The van der Waals surface area contributed by atoms with Crippen molar-refractivity contribution in [3.05, 3.63) is 30.5 Å². The lowest BCUT2D eigenvalue weighted by molar-refractivity contribution is -0.670. The number of aromatic nitrogens is 2. The summed E-state index contributed by atoms with van der Waals surface area (Å²) in [6.45, 7) is 2.55. The molecule has 0 aliphatic carbocycles. The second-order valence-electron chi connectivity index (χ2n) is 2.89. The van der Waals surface area contributed by atoms with Gasteiger partial charge in [0.05, 0.1) is 11.9 Å². The Morgan fingerprint density at radius 3 is 2.67 bits per heavy atom. The zero-order chi connectivity index (χ0) is 10.7. The van der Waals surface area contributed by atoms with Crippen molar-refractivity contribution in [3.63, 3.8) is 0 Å². The third-order valence-corrected chi connectivity index (χ3v) is 1.86. The van der Waals surface area contributed by atoms with Crippen LogP contribution in [0.2, 0.25) is 0 Å².